The van der Waals surface area contributed by atoms with E-state index in [1.165, 1.54) is 0 Å². The fraction of sp³-hybridized carbons (Fsp3) is 1.00. The van der Waals surface area contributed by atoms with Crippen LogP contribution in [0.2, 0.25) is 0 Å². The second kappa shape index (κ2) is 6.36. The minimum absolute atomic E-state index is 0.0199. The predicted octanol–water partition coefficient (Wildman–Crippen LogP) is 4.87. The lowest BCUT2D eigenvalue weighted by atomic mass is 9.54. The van der Waals surface area contributed by atoms with E-state index < -0.39 is 0 Å². The lowest BCUT2D eigenvalue weighted by molar-refractivity contribution is -0.00885. The topological polar surface area (TPSA) is 146 Å². The van der Waals surface area contributed by atoms with Crippen LogP contribution in [-0.2, 0) is 0 Å². The van der Waals surface area contributed by atoms with Crippen molar-refractivity contribution in [3.8, 4) is 0 Å². The molecule has 3 aliphatic rings. The van der Waals surface area contributed by atoms with Crippen LogP contribution in [0.3, 0.4) is 0 Å². The monoisotopic (exact) mass is 301 g/mol. The first-order valence-corrected chi connectivity index (χ1v) is 7.87. The molecule has 0 aliphatic heterocycles. The molecular weight excluding hydrogens is 282 g/mol. The Hall–Kier alpha value is -2.07. The minimum atomic E-state index is 0.0199. The molecule has 0 amide bonds. The van der Waals surface area contributed by atoms with Crippen molar-refractivity contribution < 1.29 is 0 Å². The summed E-state index contributed by atoms with van der Waals surface area (Å²) < 4.78 is 0. The highest BCUT2D eigenvalue weighted by Gasteiger charge is 2.49. The average Bonchev–Trinajstić information content (AvgIpc) is 2.47. The maximum Gasteiger partial charge on any atom is 0.0379 e. The third-order valence-corrected chi connectivity index (χ3v) is 5.73. The number of rotatable bonds is 3. The van der Waals surface area contributed by atoms with Crippen LogP contribution in [0.4, 0.5) is 0 Å². The van der Waals surface area contributed by atoms with Crippen molar-refractivity contribution in [3.63, 3.8) is 0 Å². The molecule has 0 heterocycles. The van der Waals surface area contributed by atoms with Gasteiger partial charge in [0.2, 0.25) is 0 Å². The molecule has 116 valence electrons. The van der Waals surface area contributed by atoms with Gasteiger partial charge in [-0.15, -0.1) is 0 Å². The zero-order valence-electron chi connectivity index (χ0n) is 12.3. The van der Waals surface area contributed by atoms with Gasteiger partial charge in [-0.25, -0.2) is 0 Å². The standard InChI is InChI=1S/C13H19N9/c14-20-17-10-1-7-2-11(18-21-15)5-9-6-12(19-22-16)4-8(3-10)13(7)9/h7-13H,1-6H2. The first-order valence-electron chi connectivity index (χ1n) is 7.87. The van der Waals surface area contributed by atoms with Crippen LogP contribution < -0.4 is 0 Å². The highest BCUT2D eigenvalue weighted by Crippen LogP contribution is 2.54. The van der Waals surface area contributed by atoms with E-state index in [1.54, 1.807) is 0 Å². The summed E-state index contributed by atoms with van der Waals surface area (Å²) in [5.74, 6) is 1.96. The highest BCUT2D eigenvalue weighted by molar-refractivity contribution is 5.02. The predicted molar refractivity (Wildman–Crippen MR) is 80.5 cm³/mol. The number of azide groups is 3. The summed E-state index contributed by atoms with van der Waals surface area (Å²) in [6.45, 7) is 0. The number of nitrogens with zero attached hydrogens (tertiary/aromatic N) is 9. The lowest BCUT2D eigenvalue weighted by Crippen LogP contribution is -2.48. The zero-order chi connectivity index (χ0) is 15.5. The second-order valence-electron chi connectivity index (χ2n) is 6.85. The van der Waals surface area contributed by atoms with Crippen molar-refractivity contribution in [2.24, 2.45) is 39.0 Å². The van der Waals surface area contributed by atoms with Crippen molar-refractivity contribution in [1.82, 2.24) is 0 Å². The van der Waals surface area contributed by atoms with Gasteiger partial charge in [-0.2, -0.15) is 0 Å². The molecule has 3 fully saturated rings. The average molecular weight is 301 g/mol. The van der Waals surface area contributed by atoms with Crippen molar-refractivity contribution in [3.05, 3.63) is 31.3 Å². The minimum Gasteiger partial charge on any atom is -0.0906 e. The van der Waals surface area contributed by atoms with E-state index >= 15 is 0 Å². The van der Waals surface area contributed by atoms with Crippen molar-refractivity contribution in [2.75, 3.05) is 0 Å². The number of hydrogen-bond acceptors (Lipinski definition) is 3. The van der Waals surface area contributed by atoms with E-state index in [-0.39, 0.29) is 18.1 Å². The molecule has 0 aromatic rings. The Morgan fingerprint density at radius 2 is 0.818 bits per heavy atom. The van der Waals surface area contributed by atoms with Gasteiger partial charge in [0.25, 0.3) is 0 Å². The fourth-order valence-corrected chi connectivity index (χ4v) is 5.27. The Kier molecular flexibility index (Phi) is 4.29. The van der Waals surface area contributed by atoms with Crippen molar-refractivity contribution >= 4 is 0 Å². The van der Waals surface area contributed by atoms with Gasteiger partial charge in [-0.3, -0.25) is 0 Å². The van der Waals surface area contributed by atoms with Gasteiger partial charge >= 0.3 is 0 Å². The van der Waals surface area contributed by atoms with Gasteiger partial charge in [0.05, 0.1) is 0 Å². The number of hydrogen-bond donors (Lipinski definition) is 0. The molecule has 0 aromatic heterocycles. The summed E-state index contributed by atoms with van der Waals surface area (Å²) in [6.07, 6.45) is 5.37. The largest absolute Gasteiger partial charge is 0.0906 e. The molecule has 3 aliphatic carbocycles. The Morgan fingerprint density at radius 1 is 0.545 bits per heavy atom. The first kappa shape index (κ1) is 14.9. The molecule has 0 N–H and O–H groups in total. The van der Waals surface area contributed by atoms with Crippen molar-refractivity contribution in [2.45, 2.75) is 56.7 Å². The molecule has 0 bridgehead atoms. The van der Waals surface area contributed by atoms with Crippen LogP contribution in [0.1, 0.15) is 38.5 Å². The van der Waals surface area contributed by atoms with Crippen molar-refractivity contribution in [1.29, 1.82) is 0 Å². The summed E-state index contributed by atoms with van der Waals surface area (Å²) in [4.78, 5) is 8.92. The second-order valence-corrected chi connectivity index (χ2v) is 6.85. The van der Waals surface area contributed by atoms with E-state index in [4.69, 9.17) is 16.6 Å². The molecule has 0 saturated heterocycles. The van der Waals surface area contributed by atoms with Gasteiger partial charge < -0.3 is 0 Å². The third-order valence-electron chi connectivity index (χ3n) is 5.73. The van der Waals surface area contributed by atoms with Gasteiger partial charge in [0, 0.05) is 32.9 Å². The maximum atomic E-state index is 8.74. The Morgan fingerprint density at radius 3 is 1.05 bits per heavy atom. The molecule has 3 rings (SSSR count). The molecule has 0 unspecified atom stereocenters. The quantitative estimate of drug-likeness (QED) is 0.397. The third kappa shape index (κ3) is 2.79. The summed E-state index contributed by atoms with van der Waals surface area (Å²) in [5, 5.41) is 11.8. The molecule has 0 aromatic carbocycles. The van der Waals surface area contributed by atoms with Crippen LogP contribution in [0.5, 0.6) is 0 Å². The summed E-state index contributed by atoms with van der Waals surface area (Å²) in [7, 11) is 0. The van der Waals surface area contributed by atoms with Crippen LogP contribution in [-0.4, -0.2) is 18.1 Å². The fourth-order valence-electron chi connectivity index (χ4n) is 5.27. The van der Waals surface area contributed by atoms with E-state index in [9.17, 15) is 0 Å². The van der Waals surface area contributed by atoms with E-state index in [1.807, 2.05) is 0 Å². The van der Waals surface area contributed by atoms with Crippen LogP contribution in [0.25, 0.3) is 31.3 Å². The maximum absolute atomic E-state index is 8.74. The van der Waals surface area contributed by atoms with E-state index in [0.717, 1.165) is 38.5 Å². The van der Waals surface area contributed by atoms with Crippen LogP contribution in [0.15, 0.2) is 15.3 Å². The normalized spacial score (nSPS) is 42.8. The van der Waals surface area contributed by atoms with Crippen LogP contribution in [0, 0.1) is 23.7 Å². The van der Waals surface area contributed by atoms with E-state index in [0.29, 0.717) is 23.7 Å². The smallest absolute Gasteiger partial charge is 0.0379 e. The van der Waals surface area contributed by atoms with Gasteiger partial charge in [0.15, 0.2) is 0 Å². The van der Waals surface area contributed by atoms with E-state index in [2.05, 4.69) is 30.1 Å². The molecule has 0 radical (unpaired) electrons. The molecule has 9 nitrogen and oxygen atoms in total. The Bertz CT molecular complexity index is 471. The Balaban J connectivity index is 1.86. The zero-order valence-corrected chi connectivity index (χ0v) is 12.3. The van der Waals surface area contributed by atoms with Gasteiger partial charge in [-0.1, -0.05) is 15.3 Å². The molecule has 0 atom stereocenters. The highest BCUT2D eigenvalue weighted by atomic mass is 15.2. The molecular formula is C13H19N9. The lowest BCUT2D eigenvalue weighted by Gasteiger charge is -2.53. The molecule has 3 saturated carbocycles. The molecule has 22 heavy (non-hydrogen) atoms. The molecule has 9 heteroatoms. The molecule has 0 spiro atoms. The summed E-state index contributed by atoms with van der Waals surface area (Å²) >= 11 is 0. The SMILES string of the molecule is [N-]=[N+]=NC1CC2CC(N=[N+]=[N-])CC3CC(N=[N+]=[N-])CC(C1)C23. The first-order chi connectivity index (χ1) is 10.7. The summed E-state index contributed by atoms with van der Waals surface area (Å²) in [6, 6.07) is 0.0598. The summed E-state index contributed by atoms with van der Waals surface area (Å²) in [5.41, 5.74) is 26.2. The van der Waals surface area contributed by atoms with Crippen LogP contribution >= 0.6 is 0 Å². The Labute approximate surface area is 128 Å². The van der Waals surface area contributed by atoms with Gasteiger partial charge in [0.1, 0.15) is 0 Å². The van der Waals surface area contributed by atoms with Gasteiger partial charge in [-0.05, 0) is 78.8 Å².